The molecule has 2 rings (SSSR count). The number of aromatic nitrogens is 2. The molecule has 0 radical (unpaired) electrons. The van der Waals surface area contributed by atoms with Gasteiger partial charge in [-0.25, -0.2) is 4.98 Å². The fourth-order valence-corrected chi connectivity index (χ4v) is 2.07. The van der Waals surface area contributed by atoms with Crippen LogP contribution in [0.5, 0.6) is 0 Å². The van der Waals surface area contributed by atoms with E-state index in [1.165, 1.54) is 0 Å². The van der Waals surface area contributed by atoms with Gasteiger partial charge in [0.2, 0.25) is 0 Å². The Morgan fingerprint density at radius 2 is 1.64 bits per heavy atom. The lowest BCUT2D eigenvalue weighted by Crippen LogP contribution is -2.26. The van der Waals surface area contributed by atoms with Gasteiger partial charge in [-0.3, -0.25) is 4.79 Å². The van der Waals surface area contributed by atoms with Crippen LogP contribution in [0.15, 0.2) is 36.9 Å². The summed E-state index contributed by atoms with van der Waals surface area (Å²) in [4.78, 5) is 15.7. The summed E-state index contributed by atoms with van der Waals surface area (Å²) >= 11 is 0. The Labute approximate surface area is 138 Å². The highest BCUT2D eigenvalue weighted by atomic mass is 19.4. The molecule has 0 unspecified atom stereocenters. The third-order valence-corrected chi connectivity index (χ3v) is 3.29. The van der Waals surface area contributed by atoms with Gasteiger partial charge in [0, 0.05) is 31.0 Å². The zero-order valence-electron chi connectivity index (χ0n) is 12.7. The number of carbonyl (C=O) groups is 1. The lowest BCUT2D eigenvalue weighted by molar-refractivity contribution is -0.143. The van der Waals surface area contributed by atoms with E-state index in [1.54, 1.807) is 23.3 Å². The molecule has 0 atom stereocenters. The number of amides is 1. The van der Waals surface area contributed by atoms with Gasteiger partial charge in [-0.1, -0.05) is 0 Å². The molecule has 2 aromatic rings. The molecule has 0 bridgehead atoms. The van der Waals surface area contributed by atoms with E-state index < -0.39 is 35.0 Å². The number of hydrogen-bond donors (Lipinski definition) is 1. The van der Waals surface area contributed by atoms with Gasteiger partial charge in [-0.2, -0.15) is 26.3 Å². The largest absolute Gasteiger partial charge is 0.416 e. The first-order valence-corrected chi connectivity index (χ1v) is 7.11. The second-order valence-electron chi connectivity index (χ2n) is 5.20. The van der Waals surface area contributed by atoms with Gasteiger partial charge in [0.05, 0.1) is 17.5 Å². The van der Waals surface area contributed by atoms with Crippen LogP contribution in [-0.4, -0.2) is 22.0 Å². The van der Waals surface area contributed by atoms with Crippen molar-refractivity contribution in [3.05, 3.63) is 53.6 Å². The van der Waals surface area contributed by atoms with Gasteiger partial charge in [-0.05, 0) is 24.6 Å². The predicted octanol–water partition coefficient (Wildman–Crippen LogP) is 3.74. The number of nitrogens with zero attached hydrogens (tertiary/aromatic N) is 2. The van der Waals surface area contributed by atoms with E-state index in [9.17, 15) is 31.1 Å². The smallest absolute Gasteiger partial charge is 0.352 e. The van der Waals surface area contributed by atoms with Crippen LogP contribution in [0.4, 0.5) is 26.3 Å². The molecule has 0 fully saturated rings. The molecule has 0 spiro atoms. The molecule has 1 aromatic carbocycles. The Morgan fingerprint density at radius 3 is 2.12 bits per heavy atom. The Morgan fingerprint density at radius 1 is 1.04 bits per heavy atom. The number of halogens is 6. The van der Waals surface area contributed by atoms with E-state index in [2.05, 4.69) is 10.3 Å². The van der Waals surface area contributed by atoms with Crippen molar-refractivity contribution in [2.45, 2.75) is 25.3 Å². The third-order valence-electron chi connectivity index (χ3n) is 3.29. The van der Waals surface area contributed by atoms with Crippen molar-refractivity contribution in [1.82, 2.24) is 14.9 Å². The number of nitrogens with one attached hydrogen (secondary N) is 1. The monoisotopic (exact) mass is 365 g/mol. The van der Waals surface area contributed by atoms with E-state index in [4.69, 9.17) is 0 Å². The second-order valence-corrected chi connectivity index (χ2v) is 5.20. The van der Waals surface area contributed by atoms with Crippen molar-refractivity contribution in [3.8, 4) is 0 Å². The van der Waals surface area contributed by atoms with Crippen LogP contribution in [0, 0.1) is 0 Å². The average molecular weight is 365 g/mol. The van der Waals surface area contributed by atoms with Gasteiger partial charge < -0.3 is 9.88 Å². The molecule has 0 saturated heterocycles. The number of aryl methyl sites for hydroxylation is 1. The molecule has 0 aliphatic carbocycles. The highest BCUT2D eigenvalue weighted by molar-refractivity contribution is 5.94. The van der Waals surface area contributed by atoms with E-state index in [1.807, 2.05) is 0 Å². The normalized spacial score (nSPS) is 12.2. The fraction of sp³-hybridized carbons (Fsp3) is 0.333. The van der Waals surface area contributed by atoms with E-state index in [0.29, 0.717) is 25.1 Å². The summed E-state index contributed by atoms with van der Waals surface area (Å²) in [6.45, 7) is 0.589. The second kappa shape index (κ2) is 7.16. The molecule has 1 aromatic heterocycles. The SMILES string of the molecule is O=C(NCCCn1ccnc1)c1cc(C(F)(F)F)cc(C(F)(F)F)c1. The molecule has 0 aliphatic rings. The van der Waals surface area contributed by atoms with Crippen LogP contribution in [0.2, 0.25) is 0 Å². The summed E-state index contributed by atoms with van der Waals surface area (Å²) in [5.74, 6) is -0.998. The standard InChI is InChI=1S/C15H13F6N3O/c16-14(17,18)11-6-10(7-12(8-11)15(19,20)21)13(25)23-2-1-4-24-5-3-22-9-24/h3,5-9H,1-2,4H2,(H,23,25). The van der Waals surface area contributed by atoms with E-state index in [-0.39, 0.29) is 12.6 Å². The summed E-state index contributed by atoms with van der Waals surface area (Å²) < 4.78 is 78.3. The average Bonchev–Trinajstić information content (AvgIpc) is 3.02. The minimum absolute atomic E-state index is 0.0180. The lowest BCUT2D eigenvalue weighted by Gasteiger charge is -2.14. The zero-order chi connectivity index (χ0) is 18.7. The topological polar surface area (TPSA) is 46.9 Å². The number of hydrogen-bond acceptors (Lipinski definition) is 2. The summed E-state index contributed by atoms with van der Waals surface area (Å²) in [7, 11) is 0. The van der Waals surface area contributed by atoms with Gasteiger partial charge in [-0.15, -0.1) is 0 Å². The van der Waals surface area contributed by atoms with Gasteiger partial charge >= 0.3 is 12.4 Å². The van der Waals surface area contributed by atoms with Crippen LogP contribution < -0.4 is 5.32 Å². The third kappa shape index (κ3) is 5.23. The maximum atomic E-state index is 12.8. The predicted molar refractivity (Wildman–Crippen MR) is 75.6 cm³/mol. The summed E-state index contributed by atoms with van der Waals surface area (Å²) in [5, 5.41) is 2.31. The number of benzene rings is 1. The van der Waals surface area contributed by atoms with E-state index in [0.717, 1.165) is 0 Å². The molecule has 1 amide bonds. The number of rotatable bonds is 5. The number of carbonyl (C=O) groups excluding carboxylic acids is 1. The first kappa shape index (κ1) is 18.8. The summed E-state index contributed by atoms with van der Waals surface area (Å²) in [5.41, 5.74) is -3.73. The summed E-state index contributed by atoms with van der Waals surface area (Å²) in [6.07, 6.45) is -4.75. The Hall–Kier alpha value is -2.52. The zero-order valence-corrected chi connectivity index (χ0v) is 12.7. The first-order valence-electron chi connectivity index (χ1n) is 7.11. The van der Waals surface area contributed by atoms with Crippen LogP contribution in [-0.2, 0) is 18.9 Å². The maximum absolute atomic E-state index is 12.8. The molecule has 136 valence electrons. The van der Waals surface area contributed by atoms with Crippen molar-refractivity contribution < 1.29 is 31.1 Å². The molecule has 0 aliphatic heterocycles. The first-order chi connectivity index (χ1) is 11.6. The number of imidazole rings is 1. The van der Waals surface area contributed by atoms with Crippen molar-refractivity contribution in [1.29, 1.82) is 0 Å². The van der Waals surface area contributed by atoms with Crippen molar-refractivity contribution >= 4 is 5.91 Å². The quantitative estimate of drug-likeness (QED) is 0.648. The van der Waals surface area contributed by atoms with Crippen LogP contribution in [0.1, 0.15) is 27.9 Å². The maximum Gasteiger partial charge on any atom is 0.416 e. The van der Waals surface area contributed by atoms with Crippen molar-refractivity contribution in [3.63, 3.8) is 0 Å². The van der Waals surface area contributed by atoms with Crippen molar-refractivity contribution in [2.75, 3.05) is 6.54 Å². The highest BCUT2D eigenvalue weighted by Crippen LogP contribution is 2.36. The van der Waals surface area contributed by atoms with Crippen LogP contribution >= 0.6 is 0 Å². The Bertz CT molecular complexity index is 690. The molecule has 10 heteroatoms. The Balaban J connectivity index is 2.09. The van der Waals surface area contributed by atoms with Gasteiger partial charge in [0.25, 0.3) is 5.91 Å². The molecule has 1 heterocycles. The molecule has 1 N–H and O–H groups in total. The minimum atomic E-state index is -4.99. The lowest BCUT2D eigenvalue weighted by atomic mass is 10.0. The minimum Gasteiger partial charge on any atom is -0.352 e. The molecule has 0 saturated carbocycles. The highest BCUT2D eigenvalue weighted by Gasteiger charge is 2.37. The summed E-state index contributed by atoms with van der Waals surface area (Å²) in [6, 6.07) is 0.788. The molecular weight excluding hydrogens is 352 g/mol. The fourth-order valence-electron chi connectivity index (χ4n) is 2.07. The number of alkyl halides is 6. The van der Waals surface area contributed by atoms with Gasteiger partial charge in [0.1, 0.15) is 0 Å². The van der Waals surface area contributed by atoms with Gasteiger partial charge in [0.15, 0.2) is 0 Å². The Kier molecular flexibility index (Phi) is 5.39. The van der Waals surface area contributed by atoms with Crippen LogP contribution in [0.25, 0.3) is 0 Å². The van der Waals surface area contributed by atoms with E-state index >= 15 is 0 Å². The molecule has 25 heavy (non-hydrogen) atoms. The van der Waals surface area contributed by atoms with Crippen molar-refractivity contribution in [2.24, 2.45) is 0 Å². The van der Waals surface area contributed by atoms with Crippen LogP contribution in [0.3, 0.4) is 0 Å². The molecular formula is C15H13F6N3O. The molecule has 4 nitrogen and oxygen atoms in total.